The Morgan fingerprint density at radius 1 is 1.53 bits per heavy atom. The summed E-state index contributed by atoms with van der Waals surface area (Å²) in [6.45, 7) is 0. The van der Waals surface area contributed by atoms with E-state index in [9.17, 15) is 4.79 Å². The third kappa shape index (κ3) is 1.32. The number of nitriles is 1. The molecule has 0 saturated heterocycles. The molecular formula is C10H7N3O2. The predicted octanol–water partition coefficient (Wildman–Crippen LogP) is 1.52. The lowest BCUT2D eigenvalue weighted by Gasteiger charge is -2.00. The summed E-state index contributed by atoms with van der Waals surface area (Å²) < 4.78 is 5.73. The van der Waals surface area contributed by atoms with Crippen molar-refractivity contribution in [2.45, 2.75) is 0 Å². The van der Waals surface area contributed by atoms with Crippen LogP contribution in [0.2, 0.25) is 0 Å². The second kappa shape index (κ2) is 3.42. The largest absolute Gasteiger partial charge is 0.452 e. The van der Waals surface area contributed by atoms with E-state index in [1.165, 1.54) is 7.11 Å². The van der Waals surface area contributed by atoms with E-state index in [1.807, 2.05) is 6.07 Å². The van der Waals surface area contributed by atoms with Gasteiger partial charge in [-0.3, -0.25) is 0 Å². The van der Waals surface area contributed by atoms with Gasteiger partial charge in [0.1, 0.15) is 6.07 Å². The molecule has 0 aliphatic heterocycles. The zero-order valence-corrected chi connectivity index (χ0v) is 7.97. The number of hydrogen-bond donors (Lipinski definition) is 0. The Morgan fingerprint density at radius 3 is 2.93 bits per heavy atom. The lowest BCUT2D eigenvalue weighted by molar-refractivity contribution is 0.173. The van der Waals surface area contributed by atoms with Crippen molar-refractivity contribution in [2.75, 3.05) is 7.11 Å². The molecule has 1 aromatic heterocycles. The molecule has 0 radical (unpaired) electrons. The normalized spacial score (nSPS) is 9.87. The van der Waals surface area contributed by atoms with Gasteiger partial charge in [0.2, 0.25) is 5.82 Å². The first-order chi connectivity index (χ1) is 7.27. The van der Waals surface area contributed by atoms with Crippen LogP contribution in [-0.4, -0.2) is 22.8 Å². The Kier molecular flexibility index (Phi) is 2.10. The highest BCUT2D eigenvalue weighted by atomic mass is 16.5. The molecule has 0 N–H and O–H groups in total. The van der Waals surface area contributed by atoms with Crippen LogP contribution in [-0.2, 0) is 4.74 Å². The molecule has 2 rings (SSSR count). The first-order valence-electron chi connectivity index (χ1n) is 4.24. The molecule has 2 aromatic rings. The molecule has 0 aliphatic rings. The molecule has 0 spiro atoms. The van der Waals surface area contributed by atoms with E-state index in [0.29, 0.717) is 11.0 Å². The molecule has 0 fully saturated rings. The minimum absolute atomic E-state index is 0.0306. The number of rotatable bonds is 0. The van der Waals surface area contributed by atoms with Crippen molar-refractivity contribution in [3.8, 4) is 6.07 Å². The van der Waals surface area contributed by atoms with E-state index in [4.69, 9.17) is 5.26 Å². The average molecular weight is 201 g/mol. The van der Waals surface area contributed by atoms with Crippen LogP contribution in [0.25, 0.3) is 11.0 Å². The Labute approximate surface area is 85.5 Å². The predicted molar refractivity (Wildman–Crippen MR) is 52.3 cm³/mol. The fourth-order valence-corrected chi connectivity index (χ4v) is 1.38. The van der Waals surface area contributed by atoms with Gasteiger partial charge in [-0.15, -0.1) is 0 Å². The van der Waals surface area contributed by atoms with E-state index in [-0.39, 0.29) is 5.82 Å². The Hall–Kier alpha value is -2.35. The van der Waals surface area contributed by atoms with E-state index in [0.717, 1.165) is 4.57 Å². The van der Waals surface area contributed by atoms with Gasteiger partial charge in [0.15, 0.2) is 0 Å². The molecule has 0 atom stereocenters. The van der Waals surface area contributed by atoms with Crippen LogP contribution >= 0.6 is 0 Å². The number of hydrogen-bond acceptors (Lipinski definition) is 4. The second-order valence-electron chi connectivity index (χ2n) is 2.84. The molecule has 0 amide bonds. The molecule has 0 bridgehead atoms. The van der Waals surface area contributed by atoms with E-state index in [1.54, 1.807) is 24.3 Å². The highest BCUT2D eigenvalue weighted by Gasteiger charge is 2.15. The highest BCUT2D eigenvalue weighted by molar-refractivity contribution is 5.88. The highest BCUT2D eigenvalue weighted by Crippen LogP contribution is 2.15. The number of benzene rings is 1. The Bertz CT molecular complexity index is 566. The SMILES string of the molecule is COC(=O)n1c(C#N)nc2ccccc21. The maximum absolute atomic E-state index is 11.4. The third-order valence-electron chi connectivity index (χ3n) is 2.02. The van der Waals surface area contributed by atoms with Crippen LogP contribution in [0.4, 0.5) is 4.79 Å². The lowest BCUT2D eigenvalue weighted by Crippen LogP contribution is -2.13. The first kappa shape index (κ1) is 9.21. The van der Waals surface area contributed by atoms with Crippen LogP contribution in [0.3, 0.4) is 0 Å². The van der Waals surface area contributed by atoms with Crippen molar-refractivity contribution in [3.63, 3.8) is 0 Å². The summed E-state index contributed by atoms with van der Waals surface area (Å²) in [5.74, 6) is 0.0306. The first-order valence-corrected chi connectivity index (χ1v) is 4.24. The molecular weight excluding hydrogens is 194 g/mol. The van der Waals surface area contributed by atoms with Gasteiger partial charge in [0, 0.05) is 0 Å². The molecule has 5 nitrogen and oxygen atoms in total. The van der Waals surface area contributed by atoms with Gasteiger partial charge in [0.05, 0.1) is 18.1 Å². The minimum Gasteiger partial charge on any atom is -0.452 e. The number of carbonyl (C=O) groups excluding carboxylic acids is 1. The van der Waals surface area contributed by atoms with E-state index < -0.39 is 6.09 Å². The zero-order chi connectivity index (χ0) is 10.8. The number of para-hydroxylation sites is 2. The number of aromatic nitrogens is 2. The van der Waals surface area contributed by atoms with Gasteiger partial charge in [-0.05, 0) is 12.1 Å². The smallest absolute Gasteiger partial charge is 0.420 e. The third-order valence-corrected chi connectivity index (χ3v) is 2.02. The topological polar surface area (TPSA) is 67.9 Å². The summed E-state index contributed by atoms with van der Waals surface area (Å²) in [6, 6.07) is 8.85. The Balaban J connectivity index is 2.79. The lowest BCUT2D eigenvalue weighted by atomic mass is 10.3. The van der Waals surface area contributed by atoms with Gasteiger partial charge >= 0.3 is 6.09 Å². The molecule has 5 heteroatoms. The van der Waals surface area contributed by atoms with E-state index >= 15 is 0 Å². The summed E-state index contributed by atoms with van der Waals surface area (Å²) in [4.78, 5) is 15.4. The molecule has 74 valence electrons. The number of imidazole rings is 1. The van der Waals surface area contributed by atoms with Gasteiger partial charge in [-0.1, -0.05) is 12.1 Å². The van der Waals surface area contributed by atoms with Gasteiger partial charge in [0.25, 0.3) is 0 Å². The average Bonchev–Trinajstić information content (AvgIpc) is 2.66. The van der Waals surface area contributed by atoms with Gasteiger partial charge in [-0.2, -0.15) is 5.26 Å². The maximum Gasteiger partial charge on any atom is 0.420 e. The number of ether oxygens (including phenoxy) is 1. The monoisotopic (exact) mass is 201 g/mol. The molecule has 1 aromatic carbocycles. The van der Waals surface area contributed by atoms with Crippen LogP contribution in [0.15, 0.2) is 24.3 Å². The van der Waals surface area contributed by atoms with Crippen molar-refractivity contribution in [2.24, 2.45) is 0 Å². The van der Waals surface area contributed by atoms with Gasteiger partial charge in [-0.25, -0.2) is 14.3 Å². The molecule has 0 aliphatic carbocycles. The second-order valence-corrected chi connectivity index (χ2v) is 2.84. The fraction of sp³-hybridized carbons (Fsp3) is 0.100. The van der Waals surface area contributed by atoms with Crippen molar-refractivity contribution in [3.05, 3.63) is 30.1 Å². The van der Waals surface area contributed by atoms with E-state index in [2.05, 4.69) is 9.72 Å². The van der Waals surface area contributed by atoms with Crippen LogP contribution < -0.4 is 0 Å². The summed E-state index contributed by atoms with van der Waals surface area (Å²) in [6.07, 6.45) is -0.611. The quantitative estimate of drug-likeness (QED) is 0.648. The van der Waals surface area contributed by atoms with Crippen molar-refractivity contribution < 1.29 is 9.53 Å². The summed E-state index contributed by atoms with van der Waals surface area (Å²) in [7, 11) is 1.26. The number of methoxy groups -OCH3 is 1. The maximum atomic E-state index is 11.4. The number of fused-ring (bicyclic) bond motifs is 1. The summed E-state index contributed by atoms with van der Waals surface area (Å²) in [5.41, 5.74) is 1.17. The number of nitrogens with zero attached hydrogens (tertiary/aromatic N) is 3. The summed E-state index contributed by atoms with van der Waals surface area (Å²) in [5, 5.41) is 8.82. The van der Waals surface area contributed by atoms with Crippen molar-refractivity contribution in [1.82, 2.24) is 9.55 Å². The van der Waals surface area contributed by atoms with Crippen molar-refractivity contribution >= 4 is 17.1 Å². The fourth-order valence-electron chi connectivity index (χ4n) is 1.38. The van der Waals surface area contributed by atoms with Crippen LogP contribution in [0.5, 0.6) is 0 Å². The molecule has 15 heavy (non-hydrogen) atoms. The van der Waals surface area contributed by atoms with Crippen LogP contribution in [0, 0.1) is 11.3 Å². The molecule has 1 heterocycles. The number of carbonyl (C=O) groups is 1. The minimum atomic E-state index is -0.611. The molecule has 0 unspecified atom stereocenters. The molecule has 0 saturated carbocycles. The summed E-state index contributed by atoms with van der Waals surface area (Å²) >= 11 is 0. The van der Waals surface area contributed by atoms with Crippen LogP contribution in [0.1, 0.15) is 5.82 Å². The zero-order valence-electron chi connectivity index (χ0n) is 7.97. The van der Waals surface area contributed by atoms with Gasteiger partial charge < -0.3 is 4.74 Å². The van der Waals surface area contributed by atoms with Crippen molar-refractivity contribution in [1.29, 1.82) is 5.26 Å². The Morgan fingerprint density at radius 2 is 2.27 bits per heavy atom. The standard InChI is InChI=1S/C10H7N3O2/c1-15-10(14)13-8-5-3-2-4-7(8)12-9(13)6-11/h2-5H,1H3.